The summed E-state index contributed by atoms with van der Waals surface area (Å²) in [5, 5.41) is 3.68. The maximum atomic E-state index is 5.99. The van der Waals surface area contributed by atoms with Crippen LogP contribution in [0, 0.1) is 5.92 Å². The summed E-state index contributed by atoms with van der Waals surface area (Å²) in [5.74, 6) is 2.63. The van der Waals surface area contributed by atoms with Crippen molar-refractivity contribution in [1.82, 2.24) is 5.32 Å². The fraction of sp³-hybridized carbons (Fsp3) is 0.647. The van der Waals surface area contributed by atoms with Crippen molar-refractivity contribution in [2.24, 2.45) is 5.92 Å². The Morgan fingerprint density at radius 3 is 2.85 bits per heavy atom. The third-order valence-corrected chi connectivity index (χ3v) is 4.46. The minimum absolute atomic E-state index is 0.130. The first-order valence-corrected chi connectivity index (χ1v) is 7.93. The number of para-hydroxylation sites is 2. The minimum Gasteiger partial charge on any atom is -0.486 e. The van der Waals surface area contributed by atoms with Gasteiger partial charge in [-0.1, -0.05) is 31.9 Å². The van der Waals surface area contributed by atoms with Crippen LogP contribution in [0.4, 0.5) is 0 Å². The standard InChI is InChI=1S/C17H25NO2/c1-13-5-4-6-14(10-9-13)18-11-15-12-19-16-7-2-3-8-17(16)20-15/h2-3,7-8,13-15,18H,4-6,9-12H2,1H3. The summed E-state index contributed by atoms with van der Waals surface area (Å²) in [4.78, 5) is 0. The van der Waals surface area contributed by atoms with E-state index in [1.807, 2.05) is 24.3 Å². The van der Waals surface area contributed by atoms with Gasteiger partial charge in [0.15, 0.2) is 11.5 Å². The second kappa shape index (κ2) is 6.49. The molecule has 0 amide bonds. The smallest absolute Gasteiger partial charge is 0.161 e. The number of hydrogen-bond acceptors (Lipinski definition) is 3. The van der Waals surface area contributed by atoms with Crippen molar-refractivity contribution in [2.75, 3.05) is 13.2 Å². The number of nitrogens with one attached hydrogen (secondary N) is 1. The highest BCUT2D eigenvalue weighted by Gasteiger charge is 2.22. The van der Waals surface area contributed by atoms with E-state index < -0.39 is 0 Å². The van der Waals surface area contributed by atoms with Crippen molar-refractivity contribution < 1.29 is 9.47 Å². The van der Waals surface area contributed by atoms with Gasteiger partial charge in [0.2, 0.25) is 0 Å². The van der Waals surface area contributed by atoms with Crippen LogP contribution in [0.3, 0.4) is 0 Å². The Morgan fingerprint density at radius 2 is 1.95 bits per heavy atom. The molecule has 0 aromatic heterocycles. The number of hydrogen-bond donors (Lipinski definition) is 1. The molecule has 3 atom stereocenters. The topological polar surface area (TPSA) is 30.5 Å². The zero-order valence-corrected chi connectivity index (χ0v) is 12.3. The van der Waals surface area contributed by atoms with Gasteiger partial charge in [-0.25, -0.2) is 0 Å². The number of benzene rings is 1. The molecule has 2 aliphatic rings. The minimum atomic E-state index is 0.130. The van der Waals surface area contributed by atoms with Crippen molar-refractivity contribution in [3.05, 3.63) is 24.3 Å². The van der Waals surface area contributed by atoms with Crippen LogP contribution in [-0.2, 0) is 0 Å². The molecule has 3 nitrogen and oxygen atoms in total. The maximum Gasteiger partial charge on any atom is 0.161 e. The van der Waals surface area contributed by atoms with Gasteiger partial charge in [0.05, 0.1) is 0 Å². The van der Waals surface area contributed by atoms with E-state index in [1.165, 1.54) is 32.1 Å². The van der Waals surface area contributed by atoms with Crippen molar-refractivity contribution in [3.63, 3.8) is 0 Å². The average molecular weight is 275 g/mol. The van der Waals surface area contributed by atoms with Crippen molar-refractivity contribution >= 4 is 0 Å². The molecule has 110 valence electrons. The molecule has 3 rings (SSSR count). The van der Waals surface area contributed by atoms with Crippen LogP contribution in [0.1, 0.15) is 39.0 Å². The molecule has 1 heterocycles. The van der Waals surface area contributed by atoms with Crippen LogP contribution >= 0.6 is 0 Å². The van der Waals surface area contributed by atoms with Crippen LogP contribution in [-0.4, -0.2) is 25.3 Å². The van der Waals surface area contributed by atoms with Gasteiger partial charge in [0.1, 0.15) is 12.7 Å². The Labute approximate surface area is 121 Å². The van der Waals surface area contributed by atoms with E-state index >= 15 is 0 Å². The van der Waals surface area contributed by atoms with Gasteiger partial charge in [0.25, 0.3) is 0 Å². The Morgan fingerprint density at radius 1 is 1.10 bits per heavy atom. The Hall–Kier alpha value is -1.22. The van der Waals surface area contributed by atoms with E-state index in [1.54, 1.807) is 0 Å². The van der Waals surface area contributed by atoms with Crippen molar-refractivity contribution in [3.8, 4) is 11.5 Å². The lowest BCUT2D eigenvalue weighted by molar-refractivity contribution is 0.0876. The zero-order chi connectivity index (χ0) is 13.8. The van der Waals surface area contributed by atoms with Crippen LogP contribution in [0.5, 0.6) is 11.5 Å². The summed E-state index contributed by atoms with van der Waals surface area (Å²) in [6.07, 6.45) is 6.81. The molecule has 0 saturated heterocycles. The molecule has 1 aromatic carbocycles. The lowest BCUT2D eigenvalue weighted by Crippen LogP contribution is -2.42. The summed E-state index contributed by atoms with van der Waals surface area (Å²) < 4.78 is 11.7. The molecule has 0 bridgehead atoms. The maximum absolute atomic E-state index is 5.99. The van der Waals surface area contributed by atoms with Crippen molar-refractivity contribution in [1.29, 1.82) is 0 Å². The van der Waals surface area contributed by atoms with Gasteiger partial charge in [-0.3, -0.25) is 0 Å². The highest BCUT2D eigenvalue weighted by atomic mass is 16.6. The molecule has 1 aliphatic heterocycles. The second-order valence-corrected chi connectivity index (χ2v) is 6.22. The molecular weight excluding hydrogens is 250 g/mol. The predicted molar refractivity (Wildman–Crippen MR) is 80.4 cm³/mol. The summed E-state index contributed by atoms with van der Waals surface area (Å²) in [5.41, 5.74) is 0. The quantitative estimate of drug-likeness (QED) is 0.858. The molecule has 1 N–H and O–H groups in total. The van der Waals surface area contributed by atoms with Crippen LogP contribution in [0.15, 0.2) is 24.3 Å². The van der Waals surface area contributed by atoms with Gasteiger partial charge in [-0.15, -0.1) is 0 Å². The average Bonchev–Trinajstić information content (AvgIpc) is 2.69. The lowest BCUT2D eigenvalue weighted by Gasteiger charge is -2.28. The summed E-state index contributed by atoms with van der Waals surface area (Å²) in [6.45, 7) is 3.90. The molecule has 3 unspecified atom stereocenters. The number of rotatable bonds is 3. The van der Waals surface area contributed by atoms with Gasteiger partial charge < -0.3 is 14.8 Å². The van der Waals surface area contributed by atoms with E-state index in [-0.39, 0.29) is 6.10 Å². The van der Waals surface area contributed by atoms with E-state index in [0.717, 1.165) is 24.0 Å². The fourth-order valence-corrected chi connectivity index (χ4v) is 3.15. The highest BCUT2D eigenvalue weighted by Crippen LogP contribution is 2.30. The van der Waals surface area contributed by atoms with Gasteiger partial charge in [0, 0.05) is 12.6 Å². The van der Waals surface area contributed by atoms with E-state index in [4.69, 9.17) is 9.47 Å². The molecule has 20 heavy (non-hydrogen) atoms. The SMILES string of the molecule is CC1CCCC(NCC2COc3ccccc3O2)CC1. The third-order valence-electron chi connectivity index (χ3n) is 4.46. The van der Waals surface area contributed by atoms with Gasteiger partial charge in [-0.2, -0.15) is 0 Å². The predicted octanol–water partition coefficient (Wildman–Crippen LogP) is 3.38. The Balaban J connectivity index is 1.48. The molecule has 3 heteroatoms. The van der Waals surface area contributed by atoms with Gasteiger partial charge >= 0.3 is 0 Å². The van der Waals surface area contributed by atoms with E-state index in [9.17, 15) is 0 Å². The number of fused-ring (bicyclic) bond motifs is 1. The lowest BCUT2D eigenvalue weighted by atomic mass is 10.0. The van der Waals surface area contributed by atoms with Crippen molar-refractivity contribution in [2.45, 2.75) is 51.2 Å². The summed E-state index contributed by atoms with van der Waals surface area (Å²) >= 11 is 0. The molecule has 1 fully saturated rings. The fourth-order valence-electron chi connectivity index (χ4n) is 3.15. The van der Waals surface area contributed by atoms with E-state index in [2.05, 4.69) is 12.2 Å². The Kier molecular flexibility index (Phi) is 4.46. The largest absolute Gasteiger partial charge is 0.486 e. The monoisotopic (exact) mass is 275 g/mol. The van der Waals surface area contributed by atoms with Crippen LogP contribution in [0.2, 0.25) is 0 Å². The summed E-state index contributed by atoms with van der Waals surface area (Å²) in [6, 6.07) is 8.57. The first-order valence-electron chi connectivity index (χ1n) is 7.93. The normalized spacial score (nSPS) is 29.8. The zero-order valence-electron chi connectivity index (χ0n) is 12.3. The molecule has 1 aromatic rings. The molecule has 1 saturated carbocycles. The first kappa shape index (κ1) is 13.7. The van der Waals surface area contributed by atoms with Crippen LogP contribution in [0.25, 0.3) is 0 Å². The Bertz CT molecular complexity index is 435. The van der Waals surface area contributed by atoms with Gasteiger partial charge in [-0.05, 0) is 37.3 Å². The van der Waals surface area contributed by atoms with Crippen LogP contribution < -0.4 is 14.8 Å². The molecular formula is C17H25NO2. The first-order chi connectivity index (χ1) is 9.81. The second-order valence-electron chi connectivity index (χ2n) is 6.22. The molecule has 0 spiro atoms. The molecule has 0 radical (unpaired) electrons. The van der Waals surface area contributed by atoms with E-state index in [0.29, 0.717) is 12.6 Å². The summed E-state index contributed by atoms with van der Waals surface area (Å²) in [7, 11) is 0. The number of ether oxygens (including phenoxy) is 2. The highest BCUT2D eigenvalue weighted by molar-refractivity contribution is 5.40. The molecule has 1 aliphatic carbocycles. The third kappa shape index (κ3) is 3.45.